The highest BCUT2D eigenvalue weighted by molar-refractivity contribution is 8.01. The molecule has 3 heteroatoms. The van der Waals surface area contributed by atoms with E-state index in [9.17, 15) is 0 Å². The molecule has 0 saturated heterocycles. The van der Waals surface area contributed by atoms with Crippen molar-refractivity contribution >= 4 is 34.4 Å². The van der Waals surface area contributed by atoms with Crippen molar-refractivity contribution in [3.8, 4) is 0 Å². The maximum atomic E-state index is 9.00. The zero-order valence-corrected chi connectivity index (χ0v) is 17.2. The molecule has 0 fully saturated rings. The number of aliphatic carboxylic acids is 1. The molecule has 0 aliphatic rings. The highest BCUT2D eigenvalue weighted by Gasteiger charge is 2.47. The van der Waals surface area contributed by atoms with Crippen LogP contribution in [0.1, 0.15) is 6.92 Å². The van der Waals surface area contributed by atoms with Crippen LogP contribution in [0.2, 0.25) is 0 Å². The Morgan fingerprint density at radius 1 is 0.517 bits per heavy atom. The zero-order chi connectivity index (χ0) is 20.5. The van der Waals surface area contributed by atoms with E-state index in [4.69, 9.17) is 9.90 Å². The Hall–Kier alpha value is -3.22. The van der Waals surface area contributed by atoms with E-state index >= 15 is 0 Å². The Bertz CT molecular complexity index is 850. The van der Waals surface area contributed by atoms with Crippen molar-refractivity contribution < 1.29 is 9.90 Å². The van der Waals surface area contributed by atoms with Crippen molar-refractivity contribution in [2.24, 2.45) is 0 Å². The quantitative estimate of drug-likeness (QED) is 0.517. The molecule has 4 rings (SSSR count). The molecular weight excluding hydrogens is 375 g/mol. The minimum absolute atomic E-state index is 0.833. The van der Waals surface area contributed by atoms with Crippen LogP contribution >= 0.6 is 7.26 Å². The van der Waals surface area contributed by atoms with Gasteiger partial charge in [0.05, 0.1) is 0 Å². The van der Waals surface area contributed by atoms with Crippen LogP contribution in [0.5, 0.6) is 0 Å². The van der Waals surface area contributed by atoms with Gasteiger partial charge in [0, 0.05) is 6.92 Å². The predicted molar refractivity (Wildman–Crippen MR) is 125 cm³/mol. The maximum Gasteiger partial charge on any atom is 0.300 e. The number of carbonyl (C=O) groups is 1. The number of benzene rings is 4. The molecule has 0 atom stereocenters. The minimum Gasteiger partial charge on any atom is -0.481 e. The second kappa shape index (κ2) is 9.82. The lowest BCUT2D eigenvalue weighted by molar-refractivity contribution is -0.134. The largest absolute Gasteiger partial charge is 0.481 e. The van der Waals surface area contributed by atoms with E-state index in [0.717, 1.165) is 6.92 Å². The van der Waals surface area contributed by atoms with Crippen molar-refractivity contribution in [1.82, 2.24) is 0 Å². The third kappa shape index (κ3) is 4.62. The van der Waals surface area contributed by atoms with Gasteiger partial charge in [-0.1, -0.05) is 72.8 Å². The van der Waals surface area contributed by atoms with E-state index < -0.39 is 13.2 Å². The van der Waals surface area contributed by atoms with Crippen LogP contribution in [-0.4, -0.2) is 11.1 Å². The van der Waals surface area contributed by atoms with Gasteiger partial charge in [-0.05, 0) is 48.5 Å². The lowest BCUT2D eigenvalue weighted by Crippen LogP contribution is -2.38. The highest BCUT2D eigenvalue weighted by Crippen LogP contribution is 2.53. The van der Waals surface area contributed by atoms with Gasteiger partial charge in [-0.25, -0.2) is 0 Å². The van der Waals surface area contributed by atoms with Gasteiger partial charge in [-0.15, -0.1) is 0 Å². The van der Waals surface area contributed by atoms with Gasteiger partial charge < -0.3 is 5.11 Å². The average molecular weight is 399 g/mol. The van der Waals surface area contributed by atoms with Crippen LogP contribution in [0.25, 0.3) is 0 Å². The summed E-state index contributed by atoms with van der Waals surface area (Å²) in [7, 11) is -1.91. The van der Waals surface area contributed by atoms with Gasteiger partial charge in [0.15, 0.2) is 0 Å². The Labute approximate surface area is 172 Å². The number of rotatable bonds is 4. The normalized spacial score (nSPS) is 10.5. The van der Waals surface area contributed by atoms with Crippen LogP contribution in [0, 0.1) is 0 Å². The third-order valence-electron chi connectivity index (χ3n) is 4.57. The fourth-order valence-electron chi connectivity index (χ4n) is 3.50. The number of carboxylic acids is 1. The Kier molecular flexibility index (Phi) is 6.94. The second-order valence-corrected chi connectivity index (χ2v) is 9.94. The van der Waals surface area contributed by atoms with Crippen LogP contribution < -0.4 is 21.2 Å². The lowest BCUT2D eigenvalue weighted by atomic mass is 10.3. The van der Waals surface area contributed by atoms with E-state index in [0.29, 0.717) is 0 Å². The fraction of sp³-hybridized carbons (Fsp3) is 0.0385. The molecule has 0 heterocycles. The third-order valence-corrected chi connectivity index (χ3v) is 8.86. The van der Waals surface area contributed by atoms with Gasteiger partial charge >= 0.3 is 0 Å². The Morgan fingerprint density at radius 2 is 0.690 bits per heavy atom. The molecule has 0 aliphatic carbocycles. The smallest absolute Gasteiger partial charge is 0.300 e. The van der Waals surface area contributed by atoms with E-state index in [-0.39, 0.29) is 0 Å². The molecule has 4 aromatic carbocycles. The molecule has 0 amide bonds. The summed E-state index contributed by atoms with van der Waals surface area (Å²) in [5.41, 5.74) is 0. The average Bonchev–Trinajstić information content (AvgIpc) is 2.77. The van der Waals surface area contributed by atoms with E-state index in [1.807, 2.05) is 0 Å². The van der Waals surface area contributed by atoms with E-state index in [1.165, 1.54) is 21.2 Å². The van der Waals surface area contributed by atoms with Gasteiger partial charge in [0.2, 0.25) is 0 Å². The summed E-state index contributed by atoms with van der Waals surface area (Å²) >= 11 is 0. The molecule has 1 N–H and O–H groups in total. The summed E-state index contributed by atoms with van der Waals surface area (Å²) in [6.45, 7) is 1.08. The summed E-state index contributed by atoms with van der Waals surface area (Å²) < 4.78 is 0. The highest BCUT2D eigenvalue weighted by atomic mass is 31.2. The van der Waals surface area contributed by atoms with Crippen molar-refractivity contribution in [3.05, 3.63) is 121 Å². The molecule has 0 aromatic heterocycles. The zero-order valence-electron chi connectivity index (χ0n) is 16.3. The van der Waals surface area contributed by atoms with Crippen molar-refractivity contribution in [1.29, 1.82) is 0 Å². The number of hydrogen-bond acceptors (Lipinski definition) is 1. The standard InChI is InChI=1S/C24H20P.C2H4O2/c1-5-13-21(14-6-1)25(22-15-7-2-8-16-22,23-17-9-3-10-18-23)24-19-11-4-12-20-24;1-2(3)4/h1-20H;1H3,(H,3,4)/q+1;. The summed E-state index contributed by atoms with van der Waals surface area (Å²) in [4.78, 5) is 9.00. The molecule has 0 bridgehead atoms. The molecule has 0 unspecified atom stereocenters. The number of hydrogen-bond donors (Lipinski definition) is 1. The summed E-state index contributed by atoms with van der Waals surface area (Å²) in [6, 6.07) is 43.8. The lowest BCUT2D eigenvalue weighted by Gasteiger charge is -2.27. The number of carboxylic acid groups (broad SMARTS) is 1. The SMILES string of the molecule is CC(=O)O.c1ccc([P+](c2ccccc2)(c2ccccc2)c2ccccc2)cc1. The molecule has 144 valence electrons. The first kappa shape index (κ1) is 20.5. The molecule has 0 spiro atoms. The van der Waals surface area contributed by atoms with Crippen molar-refractivity contribution in [3.63, 3.8) is 0 Å². The van der Waals surface area contributed by atoms with Crippen LogP contribution in [0.4, 0.5) is 0 Å². The van der Waals surface area contributed by atoms with E-state index in [2.05, 4.69) is 121 Å². The molecule has 0 aliphatic heterocycles. The molecule has 4 aromatic rings. The first-order valence-electron chi connectivity index (χ1n) is 9.46. The van der Waals surface area contributed by atoms with Gasteiger partial charge in [-0.2, -0.15) is 0 Å². The van der Waals surface area contributed by atoms with Gasteiger partial charge in [-0.3, -0.25) is 4.79 Å². The first-order valence-corrected chi connectivity index (χ1v) is 11.3. The van der Waals surface area contributed by atoms with Gasteiger partial charge in [0.25, 0.3) is 5.97 Å². The molecule has 0 radical (unpaired) electrons. The van der Waals surface area contributed by atoms with Gasteiger partial charge in [0.1, 0.15) is 28.5 Å². The topological polar surface area (TPSA) is 37.3 Å². The minimum atomic E-state index is -1.91. The van der Waals surface area contributed by atoms with Crippen molar-refractivity contribution in [2.75, 3.05) is 0 Å². The molecule has 0 saturated carbocycles. The predicted octanol–water partition coefficient (Wildman–Crippen LogP) is 4.40. The Morgan fingerprint density at radius 3 is 0.862 bits per heavy atom. The van der Waals surface area contributed by atoms with Crippen molar-refractivity contribution in [2.45, 2.75) is 6.92 Å². The first-order chi connectivity index (χ1) is 14.2. The molecule has 2 nitrogen and oxygen atoms in total. The monoisotopic (exact) mass is 399 g/mol. The van der Waals surface area contributed by atoms with E-state index in [1.54, 1.807) is 0 Å². The second-order valence-electron chi connectivity index (χ2n) is 6.53. The fourth-order valence-corrected chi connectivity index (χ4v) is 7.77. The molecule has 29 heavy (non-hydrogen) atoms. The Balaban J connectivity index is 0.000000552. The molecular formula is C26H24O2P+. The summed E-state index contributed by atoms with van der Waals surface area (Å²) in [5, 5.41) is 13.0. The maximum absolute atomic E-state index is 9.00. The van der Waals surface area contributed by atoms with Crippen LogP contribution in [0.15, 0.2) is 121 Å². The van der Waals surface area contributed by atoms with Crippen LogP contribution in [-0.2, 0) is 4.79 Å². The summed E-state index contributed by atoms with van der Waals surface area (Å²) in [5.74, 6) is -0.833. The van der Waals surface area contributed by atoms with Crippen LogP contribution in [0.3, 0.4) is 0 Å². The summed E-state index contributed by atoms with van der Waals surface area (Å²) in [6.07, 6.45) is 0.